The van der Waals surface area contributed by atoms with Gasteiger partial charge in [-0.05, 0) is 17.7 Å². The van der Waals surface area contributed by atoms with Gasteiger partial charge in [0.05, 0.1) is 19.7 Å². The Morgan fingerprint density at radius 2 is 1.77 bits per heavy atom. The lowest BCUT2D eigenvalue weighted by Crippen LogP contribution is -2.47. The number of ether oxygens (including phenoxy) is 2. The number of nitrogens with zero attached hydrogens (tertiary/aromatic N) is 1. The highest BCUT2D eigenvalue weighted by atomic mass is 16.5. The molecule has 1 saturated heterocycles. The molecular weight excluding hydrogens is 332 g/mol. The van der Waals surface area contributed by atoms with Crippen molar-refractivity contribution in [1.29, 1.82) is 0 Å². The van der Waals surface area contributed by atoms with E-state index in [0.29, 0.717) is 25.4 Å². The van der Waals surface area contributed by atoms with Gasteiger partial charge in [-0.1, -0.05) is 48.5 Å². The molecule has 0 radical (unpaired) electrons. The number of carbonyl (C=O) groups is 2. The summed E-state index contributed by atoms with van der Waals surface area (Å²) < 4.78 is 11.1. The predicted molar refractivity (Wildman–Crippen MR) is 96.7 cm³/mol. The summed E-state index contributed by atoms with van der Waals surface area (Å²) in [6.07, 6.45) is -0.133. The van der Waals surface area contributed by atoms with E-state index >= 15 is 0 Å². The zero-order chi connectivity index (χ0) is 18.2. The molecule has 0 aliphatic carbocycles. The van der Waals surface area contributed by atoms with E-state index in [9.17, 15) is 9.59 Å². The maximum Gasteiger partial charge on any atom is 0.258 e. The minimum atomic E-state index is -0.324. The third kappa shape index (κ3) is 5.07. The summed E-state index contributed by atoms with van der Waals surface area (Å²) in [6.45, 7) is 1.33. The van der Waals surface area contributed by atoms with Crippen molar-refractivity contribution in [2.45, 2.75) is 6.10 Å². The highest BCUT2D eigenvalue weighted by Gasteiger charge is 2.25. The first kappa shape index (κ1) is 17.9. The zero-order valence-corrected chi connectivity index (χ0v) is 14.5. The monoisotopic (exact) mass is 354 g/mol. The van der Waals surface area contributed by atoms with Crippen LogP contribution in [-0.2, 0) is 14.3 Å². The van der Waals surface area contributed by atoms with E-state index in [1.54, 1.807) is 17.0 Å². The van der Waals surface area contributed by atoms with Crippen LogP contribution in [0.1, 0.15) is 11.7 Å². The number of para-hydroxylation sites is 1. The first-order valence-corrected chi connectivity index (χ1v) is 8.61. The molecule has 0 unspecified atom stereocenters. The Bertz CT molecular complexity index is 721. The van der Waals surface area contributed by atoms with Gasteiger partial charge in [-0.3, -0.25) is 9.59 Å². The average molecular weight is 354 g/mol. The normalized spacial score (nSPS) is 16.8. The lowest BCUT2D eigenvalue weighted by Gasteiger charge is -2.33. The maximum atomic E-state index is 12.4. The summed E-state index contributed by atoms with van der Waals surface area (Å²) in [5, 5.41) is 2.61. The standard InChI is InChI=1S/C20H22N2O4/c23-19(15-26-17-9-5-2-6-10-17)21-13-20(24)22-11-12-25-18(14-22)16-7-3-1-4-8-16/h1-10,18H,11-15H2,(H,21,23)/t18-/m1/s1. The maximum absolute atomic E-state index is 12.4. The largest absolute Gasteiger partial charge is 0.484 e. The fourth-order valence-corrected chi connectivity index (χ4v) is 2.75. The highest BCUT2D eigenvalue weighted by Crippen LogP contribution is 2.21. The summed E-state index contributed by atoms with van der Waals surface area (Å²) in [7, 11) is 0. The summed E-state index contributed by atoms with van der Waals surface area (Å²) in [6, 6.07) is 18.9. The molecule has 1 aliphatic heterocycles. The van der Waals surface area contributed by atoms with Crippen LogP contribution in [-0.4, -0.2) is 49.6 Å². The number of morpholine rings is 1. The van der Waals surface area contributed by atoms with Gasteiger partial charge >= 0.3 is 0 Å². The van der Waals surface area contributed by atoms with Gasteiger partial charge in [-0.15, -0.1) is 0 Å². The van der Waals surface area contributed by atoms with Gasteiger partial charge < -0.3 is 19.7 Å². The van der Waals surface area contributed by atoms with E-state index in [1.807, 2.05) is 48.5 Å². The van der Waals surface area contributed by atoms with E-state index in [0.717, 1.165) is 5.56 Å². The minimum absolute atomic E-state index is 0.0432. The summed E-state index contributed by atoms with van der Waals surface area (Å²) in [5.41, 5.74) is 1.05. The molecule has 136 valence electrons. The Morgan fingerprint density at radius 3 is 2.50 bits per heavy atom. The summed E-state index contributed by atoms with van der Waals surface area (Å²) in [4.78, 5) is 25.9. The molecule has 26 heavy (non-hydrogen) atoms. The summed E-state index contributed by atoms with van der Waals surface area (Å²) >= 11 is 0. The van der Waals surface area contributed by atoms with Crippen LogP contribution in [0.5, 0.6) is 5.75 Å². The van der Waals surface area contributed by atoms with Gasteiger partial charge in [0, 0.05) is 6.54 Å². The first-order chi connectivity index (χ1) is 12.7. The number of rotatable bonds is 6. The lowest BCUT2D eigenvalue weighted by atomic mass is 10.1. The Kier molecular flexibility index (Phi) is 6.22. The molecule has 1 aliphatic rings. The molecule has 6 nitrogen and oxygen atoms in total. The fraction of sp³-hybridized carbons (Fsp3) is 0.300. The van der Waals surface area contributed by atoms with Crippen LogP contribution in [0.4, 0.5) is 0 Å². The topological polar surface area (TPSA) is 67.9 Å². The second-order valence-electron chi connectivity index (χ2n) is 5.99. The first-order valence-electron chi connectivity index (χ1n) is 8.61. The van der Waals surface area contributed by atoms with Crippen LogP contribution >= 0.6 is 0 Å². The second-order valence-corrected chi connectivity index (χ2v) is 5.99. The molecule has 6 heteroatoms. The molecule has 0 aromatic heterocycles. The van der Waals surface area contributed by atoms with Gasteiger partial charge in [0.15, 0.2) is 6.61 Å². The van der Waals surface area contributed by atoms with Crippen LogP contribution in [0.3, 0.4) is 0 Å². The molecule has 3 rings (SSSR count). The van der Waals surface area contributed by atoms with Gasteiger partial charge in [0.2, 0.25) is 5.91 Å². The number of hydrogen-bond acceptors (Lipinski definition) is 4. The van der Waals surface area contributed by atoms with Crippen molar-refractivity contribution in [1.82, 2.24) is 10.2 Å². The number of amides is 2. The molecule has 2 aromatic rings. The number of hydrogen-bond donors (Lipinski definition) is 1. The van der Waals surface area contributed by atoms with Crippen molar-refractivity contribution in [3.8, 4) is 5.75 Å². The second kappa shape index (κ2) is 9.01. The Balaban J connectivity index is 1.43. The molecule has 1 N–H and O–H groups in total. The van der Waals surface area contributed by atoms with Gasteiger partial charge in [-0.25, -0.2) is 0 Å². The SMILES string of the molecule is O=C(COc1ccccc1)NCC(=O)N1CCO[C@@H](c2ccccc2)C1. The molecule has 1 heterocycles. The van der Waals surface area contributed by atoms with Crippen molar-refractivity contribution >= 4 is 11.8 Å². The van der Waals surface area contributed by atoms with Crippen LogP contribution in [0.2, 0.25) is 0 Å². The third-order valence-electron chi connectivity index (χ3n) is 4.14. The van der Waals surface area contributed by atoms with Crippen LogP contribution in [0, 0.1) is 0 Å². The molecular formula is C20H22N2O4. The summed E-state index contributed by atoms with van der Waals surface area (Å²) in [5.74, 6) is 0.172. The van der Waals surface area contributed by atoms with E-state index in [1.165, 1.54) is 0 Å². The van der Waals surface area contributed by atoms with E-state index in [4.69, 9.17) is 9.47 Å². The minimum Gasteiger partial charge on any atom is -0.484 e. The van der Waals surface area contributed by atoms with Gasteiger partial charge in [0.1, 0.15) is 11.9 Å². The number of benzene rings is 2. The van der Waals surface area contributed by atoms with Gasteiger partial charge in [0.25, 0.3) is 5.91 Å². The molecule has 2 amide bonds. The fourth-order valence-electron chi connectivity index (χ4n) is 2.75. The zero-order valence-electron chi connectivity index (χ0n) is 14.5. The Hall–Kier alpha value is -2.86. The number of carbonyl (C=O) groups excluding carboxylic acids is 2. The molecule has 0 saturated carbocycles. The molecule has 1 atom stereocenters. The van der Waals surface area contributed by atoms with Crippen molar-refractivity contribution in [2.75, 3.05) is 32.8 Å². The molecule has 1 fully saturated rings. The molecule has 2 aromatic carbocycles. The van der Waals surface area contributed by atoms with Crippen molar-refractivity contribution < 1.29 is 19.1 Å². The Labute approximate surface area is 152 Å². The van der Waals surface area contributed by atoms with Crippen LogP contribution in [0.15, 0.2) is 60.7 Å². The van der Waals surface area contributed by atoms with E-state index in [2.05, 4.69) is 5.32 Å². The quantitative estimate of drug-likeness (QED) is 0.859. The van der Waals surface area contributed by atoms with Gasteiger partial charge in [-0.2, -0.15) is 0 Å². The van der Waals surface area contributed by atoms with Crippen molar-refractivity contribution in [3.05, 3.63) is 66.2 Å². The molecule has 0 spiro atoms. The van der Waals surface area contributed by atoms with Crippen molar-refractivity contribution in [3.63, 3.8) is 0 Å². The lowest BCUT2D eigenvalue weighted by molar-refractivity contribution is -0.139. The predicted octanol–water partition coefficient (Wildman–Crippen LogP) is 1.78. The smallest absolute Gasteiger partial charge is 0.258 e. The third-order valence-corrected chi connectivity index (χ3v) is 4.14. The highest BCUT2D eigenvalue weighted by molar-refractivity contribution is 5.85. The van der Waals surface area contributed by atoms with Crippen LogP contribution in [0.25, 0.3) is 0 Å². The van der Waals surface area contributed by atoms with E-state index in [-0.39, 0.29) is 31.1 Å². The van der Waals surface area contributed by atoms with Crippen molar-refractivity contribution in [2.24, 2.45) is 0 Å². The molecule has 0 bridgehead atoms. The van der Waals surface area contributed by atoms with Crippen LogP contribution < -0.4 is 10.1 Å². The van der Waals surface area contributed by atoms with E-state index < -0.39 is 0 Å². The average Bonchev–Trinajstić information content (AvgIpc) is 2.72. The Morgan fingerprint density at radius 1 is 1.08 bits per heavy atom. The number of nitrogens with one attached hydrogen (secondary N) is 1.